The summed E-state index contributed by atoms with van der Waals surface area (Å²) in [5, 5.41) is 0. The molecule has 0 aromatic heterocycles. The molecular formula is C17H19F3N2O2. The van der Waals surface area contributed by atoms with Crippen molar-refractivity contribution >= 4 is 11.8 Å². The molecule has 1 aliphatic carbocycles. The molecule has 0 radical (unpaired) electrons. The zero-order valence-electron chi connectivity index (χ0n) is 13.3. The third-order valence-electron chi connectivity index (χ3n) is 4.63. The second-order valence-electron chi connectivity index (χ2n) is 6.55. The van der Waals surface area contributed by atoms with Gasteiger partial charge in [0.15, 0.2) is 0 Å². The number of halogens is 3. The van der Waals surface area contributed by atoms with Crippen LogP contribution < -0.4 is 0 Å². The SMILES string of the molecule is CN(C(=O)[C@H]1CC(=O)N(Cc2cccc(C(F)(F)F)c2)C1)C1CC1. The Hall–Kier alpha value is -2.05. The summed E-state index contributed by atoms with van der Waals surface area (Å²) in [5.41, 5.74) is -0.311. The largest absolute Gasteiger partial charge is 0.416 e. The van der Waals surface area contributed by atoms with Crippen molar-refractivity contribution in [2.24, 2.45) is 5.92 Å². The minimum Gasteiger partial charge on any atom is -0.342 e. The normalized spacial score (nSPS) is 21.2. The highest BCUT2D eigenvalue weighted by atomic mass is 19.4. The summed E-state index contributed by atoms with van der Waals surface area (Å²) in [5.74, 6) is -0.624. The first-order valence-electron chi connectivity index (χ1n) is 7.96. The van der Waals surface area contributed by atoms with E-state index in [1.54, 1.807) is 18.0 Å². The Labute approximate surface area is 138 Å². The van der Waals surface area contributed by atoms with Crippen molar-refractivity contribution in [3.05, 3.63) is 35.4 Å². The maximum atomic E-state index is 12.8. The van der Waals surface area contributed by atoms with Crippen molar-refractivity contribution in [2.45, 2.75) is 38.0 Å². The third-order valence-corrected chi connectivity index (χ3v) is 4.63. The van der Waals surface area contributed by atoms with Crippen molar-refractivity contribution in [3.8, 4) is 0 Å². The van der Waals surface area contributed by atoms with Crippen LogP contribution in [0.15, 0.2) is 24.3 Å². The molecule has 4 nitrogen and oxygen atoms in total. The van der Waals surface area contributed by atoms with Gasteiger partial charge in [0.1, 0.15) is 0 Å². The molecule has 1 aliphatic heterocycles. The van der Waals surface area contributed by atoms with E-state index in [1.165, 1.54) is 11.0 Å². The Morgan fingerprint density at radius 3 is 2.67 bits per heavy atom. The van der Waals surface area contributed by atoms with Crippen molar-refractivity contribution in [1.82, 2.24) is 9.80 Å². The van der Waals surface area contributed by atoms with Crippen LogP contribution in [0.25, 0.3) is 0 Å². The predicted octanol–water partition coefficient (Wildman–Crippen LogP) is 2.67. The second-order valence-corrected chi connectivity index (χ2v) is 6.55. The van der Waals surface area contributed by atoms with E-state index in [0.717, 1.165) is 25.0 Å². The molecule has 7 heteroatoms. The van der Waals surface area contributed by atoms with Gasteiger partial charge in [0.05, 0.1) is 11.5 Å². The van der Waals surface area contributed by atoms with Crippen LogP contribution in [0.5, 0.6) is 0 Å². The van der Waals surface area contributed by atoms with Gasteiger partial charge in [0.25, 0.3) is 0 Å². The summed E-state index contributed by atoms with van der Waals surface area (Å²) >= 11 is 0. The summed E-state index contributed by atoms with van der Waals surface area (Å²) in [6.07, 6.45) is -2.28. The van der Waals surface area contributed by atoms with Crippen molar-refractivity contribution in [2.75, 3.05) is 13.6 Å². The number of nitrogens with zero attached hydrogens (tertiary/aromatic N) is 2. The minimum atomic E-state index is -4.41. The van der Waals surface area contributed by atoms with Gasteiger partial charge in [-0.15, -0.1) is 0 Å². The molecule has 0 bridgehead atoms. The fourth-order valence-corrected chi connectivity index (χ4v) is 3.09. The van der Waals surface area contributed by atoms with Crippen LogP contribution in [0.1, 0.15) is 30.4 Å². The van der Waals surface area contributed by atoms with E-state index in [-0.39, 0.29) is 37.4 Å². The lowest BCUT2D eigenvalue weighted by Crippen LogP contribution is -2.36. The Bertz CT molecular complexity index is 655. The standard InChI is InChI=1S/C17H19F3N2O2/c1-21(14-5-6-14)16(24)12-8-15(23)22(10-12)9-11-3-2-4-13(7-11)17(18,19)20/h2-4,7,12,14H,5-6,8-10H2,1H3/t12-/m0/s1. The van der Waals surface area contributed by atoms with Gasteiger partial charge in [0.2, 0.25) is 11.8 Å². The number of carbonyl (C=O) groups is 2. The summed E-state index contributed by atoms with van der Waals surface area (Å²) < 4.78 is 38.3. The van der Waals surface area contributed by atoms with Crippen LogP contribution in [0, 0.1) is 5.92 Å². The molecule has 1 saturated carbocycles. The highest BCUT2D eigenvalue weighted by Crippen LogP contribution is 2.31. The number of hydrogen-bond acceptors (Lipinski definition) is 2. The van der Waals surface area contributed by atoms with Gasteiger partial charge in [-0.2, -0.15) is 13.2 Å². The monoisotopic (exact) mass is 340 g/mol. The smallest absolute Gasteiger partial charge is 0.342 e. The quantitative estimate of drug-likeness (QED) is 0.846. The van der Waals surface area contributed by atoms with Gasteiger partial charge >= 0.3 is 6.18 Å². The van der Waals surface area contributed by atoms with Gasteiger partial charge in [0, 0.05) is 32.6 Å². The topological polar surface area (TPSA) is 40.6 Å². The van der Waals surface area contributed by atoms with Gasteiger partial charge < -0.3 is 9.80 Å². The van der Waals surface area contributed by atoms with E-state index in [2.05, 4.69) is 0 Å². The van der Waals surface area contributed by atoms with Crippen molar-refractivity contribution < 1.29 is 22.8 Å². The van der Waals surface area contributed by atoms with Crippen LogP contribution >= 0.6 is 0 Å². The zero-order valence-corrected chi connectivity index (χ0v) is 13.3. The molecule has 0 unspecified atom stereocenters. The number of hydrogen-bond donors (Lipinski definition) is 0. The molecule has 1 saturated heterocycles. The van der Waals surface area contributed by atoms with E-state index in [9.17, 15) is 22.8 Å². The third kappa shape index (κ3) is 3.55. The highest BCUT2D eigenvalue weighted by molar-refractivity contribution is 5.89. The lowest BCUT2D eigenvalue weighted by Gasteiger charge is -2.21. The van der Waals surface area contributed by atoms with Gasteiger partial charge in [-0.05, 0) is 30.5 Å². The highest BCUT2D eigenvalue weighted by Gasteiger charge is 2.39. The van der Waals surface area contributed by atoms with Crippen LogP contribution in [-0.4, -0.2) is 41.2 Å². The summed E-state index contributed by atoms with van der Waals surface area (Å²) in [7, 11) is 1.75. The molecule has 3 rings (SSSR count). The zero-order chi connectivity index (χ0) is 17.5. The molecule has 24 heavy (non-hydrogen) atoms. The first kappa shape index (κ1) is 16.8. The minimum absolute atomic E-state index is 0.0441. The molecule has 2 amide bonds. The summed E-state index contributed by atoms with van der Waals surface area (Å²) in [4.78, 5) is 27.6. The molecule has 1 aromatic rings. The van der Waals surface area contributed by atoms with Crippen LogP contribution in [0.3, 0.4) is 0 Å². The van der Waals surface area contributed by atoms with Gasteiger partial charge in [-0.3, -0.25) is 9.59 Å². The molecule has 1 atom stereocenters. The van der Waals surface area contributed by atoms with Crippen molar-refractivity contribution in [1.29, 1.82) is 0 Å². The van der Waals surface area contributed by atoms with Crippen LogP contribution in [0.4, 0.5) is 13.2 Å². The van der Waals surface area contributed by atoms with E-state index in [4.69, 9.17) is 0 Å². The van der Waals surface area contributed by atoms with Gasteiger partial charge in [-0.25, -0.2) is 0 Å². The first-order chi connectivity index (χ1) is 11.3. The molecule has 1 aromatic carbocycles. The second kappa shape index (κ2) is 6.11. The lowest BCUT2D eigenvalue weighted by molar-refractivity contribution is -0.137. The average Bonchev–Trinajstić information content (AvgIpc) is 3.31. The van der Waals surface area contributed by atoms with Crippen molar-refractivity contribution in [3.63, 3.8) is 0 Å². The number of alkyl halides is 3. The Balaban J connectivity index is 1.66. The van der Waals surface area contributed by atoms with E-state index in [1.807, 2.05) is 0 Å². The number of likely N-dealkylation sites (tertiary alicyclic amines) is 1. The maximum Gasteiger partial charge on any atom is 0.416 e. The Morgan fingerprint density at radius 1 is 1.33 bits per heavy atom. The van der Waals surface area contributed by atoms with Gasteiger partial charge in [-0.1, -0.05) is 12.1 Å². The lowest BCUT2D eigenvalue weighted by atomic mass is 10.1. The summed E-state index contributed by atoms with van der Waals surface area (Å²) in [6.45, 7) is 0.366. The molecular weight excluding hydrogens is 321 g/mol. The number of benzene rings is 1. The molecule has 2 aliphatic rings. The molecule has 2 fully saturated rings. The molecule has 0 spiro atoms. The molecule has 1 heterocycles. The molecule has 130 valence electrons. The predicted molar refractivity (Wildman–Crippen MR) is 80.8 cm³/mol. The number of rotatable bonds is 4. The van der Waals surface area contributed by atoms with E-state index >= 15 is 0 Å². The van der Waals surface area contributed by atoms with E-state index in [0.29, 0.717) is 5.56 Å². The summed E-state index contributed by atoms with van der Waals surface area (Å²) in [6, 6.07) is 5.24. The Kier molecular flexibility index (Phi) is 4.27. The van der Waals surface area contributed by atoms with Crippen LogP contribution in [0.2, 0.25) is 0 Å². The van der Waals surface area contributed by atoms with E-state index < -0.39 is 17.7 Å². The fraction of sp³-hybridized carbons (Fsp3) is 0.529. The Morgan fingerprint density at radius 2 is 2.04 bits per heavy atom. The first-order valence-corrected chi connectivity index (χ1v) is 7.96. The fourth-order valence-electron chi connectivity index (χ4n) is 3.09. The number of carbonyl (C=O) groups excluding carboxylic acids is 2. The maximum absolute atomic E-state index is 12.8. The van der Waals surface area contributed by atoms with Crippen LogP contribution in [-0.2, 0) is 22.3 Å². The average molecular weight is 340 g/mol. The molecule has 0 N–H and O–H groups in total. The number of amides is 2.